The number of phenolic OH excluding ortho intramolecular Hbond substituents is 2. The van der Waals surface area contributed by atoms with Crippen LogP contribution in [0.4, 0.5) is 5.69 Å². The number of allylic oxidation sites excluding steroid dienone is 2. The van der Waals surface area contributed by atoms with E-state index in [-0.39, 0.29) is 34.4 Å². The molecule has 2 aliphatic rings. The molecule has 0 spiro atoms. The lowest BCUT2D eigenvalue weighted by atomic mass is 9.75. The summed E-state index contributed by atoms with van der Waals surface area (Å²) >= 11 is 12.3. The summed E-state index contributed by atoms with van der Waals surface area (Å²) in [6.45, 7) is 2.05. The van der Waals surface area contributed by atoms with Crippen molar-refractivity contribution >= 4 is 28.9 Å². The van der Waals surface area contributed by atoms with Gasteiger partial charge in [0, 0.05) is 16.5 Å². The maximum atomic E-state index is 10.5. The van der Waals surface area contributed by atoms with Crippen LogP contribution in [0.15, 0.2) is 36.4 Å². The first kappa shape index (κ1) is 15.7. The van der Waals surface area contributed by atoms with Crippen molar-refractivity contribution in [3.8, 4) is 11.5 Å². The molecule has 0 saturated heterocycles. The van der Waals surface area contributed by atoms with E-state index in [0.717, 1.165) is 23.2 Å². The van der Waals surface area contributed by atoms with Crippen molar-refractivity contribution in [2.45, 2.75) is 25.3 Å². The zero-order valence-electron chi connectivity index (χ0n) is 13.1. The number of aromatic hydroxyl groups is 2. The molecule has 0 saturated carbocycles. The Balaban J connectivity index is 1.89. The molecular formula is C19H17Cl2NO2. The molecule has 3 N–H and O–H groups in total. The zero-order valence-corrected chi connectivity index (χ0v) is 14.6. The highest BCUT2D eigenvalue weighted by atomic mass is 35.5. The predicted octanol–water partition coefficient (Wildman–Crippen LogP) is 5.54. The number of fused-ring (bicyclic) bond motifs is 3. The highest BCUT2D eigenvalue weighted by molar-refractivity contribution is 6.35. The van der Waals surface area contributed by atoms with E-state index < -0.39 is 0 Å². The lowest BCUT2D eigenvalue weighted by molar-refractivity contribution is 0.395. The maximum absolute atomic E-state index is 10.5. The topological polar surface area (TPSA) is 52.5 Å². The molecule has 4 rings (SSSR count). The first-order valence-electron chi connectivity index (χ1n) is 7.91. The van der Waals surface area contributed by atoms with Gasteiger partial charge in [-0.1, -0.05) is 41.4 Å². The molecule has 1 aliphatic carbocycles. The van der Waals surface area contributed by atoms with E-state index in [1.54, 1.807) is 12.1 Å². The summed E-state index contributed by atoms with van der Waals surface area (Å²) in [4.78, 5) is 0. The molecule has 0 bridgehead atoms. The highest BCUT2D eigenvalue weighted by Crippen LogP contribution is 2.54. The Hall–Kier alpha value is -1.84. The van der Waals surface area contributed by atoms with Gasteiger partial charge in [0.05, 0.1) is 16.8 Å². The van der Waals surface area contributed by atoms with Crippen molar-refractivity contribution in [2.24, 2.45) is 5.92 Å². The van der Waals surface area contributed by atoms with Gasteiger partial charge in [0.15, 0.2) is 0 Å². The molecule has 5 heteroatoms. The molecular weight excluding hydrogens is 345 g/mol. The molecule has 0 fully saturated rings. The van der Waals surface area contributed by atoms with Crippen molar-refractivity contribution in [1.82, 2.24) is 0 Å². The molecule has 1 heterocycles. The van der Waals surface area contributed by atoms with E-state index >= 15 is 0 Å². The third-order valence-electron chi connectivity index (χ3n) is 5.11. The molecule has 2 aromatic carbocycles. The normalized spacial score (nSPS) is 24.4. The minimum atomic E-state index is -0.179. The number of rotatable bonds is 1. The highest BCUT2D eigenvalue weighted by Gasteiger charge is 2.40. The first-order valence-corrected chi connectivity index (χ1v) is 8.66. The monoisotopic (exact) mass is 361 g/mol. The lowest BCUT2D eigenvalue weighted by Crippen LogP contribution is -2.29. The van der Waals surface area contributed by atoms with Gasteiger partial charge in [-0.3, -0.25) is 0 Å². The Kier molecular flexibility index (Phi) is 3.66. The van der Waals surface area contributed by atoms with E-state index in [2.05, 4.69) is 24.4 Å². The van der Waals surface area contributed by atoms with E-state index in [4.69, 9.17) is 23.2 Å². The minimum Gasteiger partial charge on any atom is -0.506 e. The number of aryl methyl sites for hydroxylation is 1. The van der Waals surface area contributed by atoms with Crippen LogP contribution < -0.4 is 5.32 Å². The Morgan fingerprint density at radius 3 is 2.75 bits per heavy atom. The van der Waals surface area contributed by atoms with Gasteiger partial charge in [0.2, 0.25) is 0 Å². The number of halogens is 2. The Labute approximate surface area is 150 Å². The van der Waals surface area contributed by atoms with Gasteiger partial charge in [-0.15, -0.1) is 0 Å². The van der Waals surface area contributed by atoms with E-state index in [0.29, 0.717) is 10.6 Å². The SMILES string of the molecule is Cc1ccc(O)c2c1C1C=CCC1C(c1cc(Cl)cc(Cl)c1O)N2. The van der Waals surface area contributed by atoms with Crippen molar-refractivity contribution in [3.05, 3.63) is 63.2 Å². The van der Waals surface area contributed by atoms with E-state index in [1.807, 2.05) is 6.07 Å². The lowest BCUT2D eigenvalue weighted by Gasteiger charge is -2.38. The van der Waals surface area contributed by atoms with Crippen LogP contribution in [-0.4, -0.2) is 10.2 Å². The van der Waals surface area contributed by atoms with Gasteiger partial charge in [-0.2, -0.15) is 0 Å². The van der Waals surface area contributed by atoms with Crippen molar-refractivity contribution < 1.29 is 10.2 Å². The number of nitrogens with one attached hydrogen (secondary N) is 1. The number of phenols is 2. The fourth-order valence-corrected chi connectivity index (χ4v) is 4.52. The summed E-state index contributed by atoms with van der Waals surface area (Å²) in [7, 11) is 0. The van der Waals surface area contributed by atoms with Crippen LogP contribution in [0, 0.1) is 12.8 Å². The summed E-state index contributed by atoms with van der Waals surface area (Å²) in [6, 6.07) is 6.73. The third kappa shape index (κ3) is 2.27. The average Bonchev–Trinajstić information content (AvgIpc) is 3.03. The van der Waals surface area contributed by atoms with E-state index in [1.165, 1.54) is 6.07 Å². The molecule has 2 aromatic rings. The van der Waals surface area contributed by atoms with Crippen LogP contribution in [-0.2, 0) is 0 Å². The third-order valence-corrected chi connectivity index (χ3v) is 5.61. The number of hydrogen-bond acceptors (Lipinski definition) is 3. The Bertz CT molecular complexity index is 863. The molecule has 0 amide bonds. The molecule has 3 atom stereocenters. The summed E-state index contributed by atoms with van der Waals surface area (Å²) in [6.07, 6.45) is 5.24. The van der Waals surface area contributed by atoms with Gasteiger partial charge in [-0.25, -0.2) is 0 Å². The smallest absolute Gasteiger partial charge is 0.139 e. The van der Waals surface area contributed by atoms with Gasteiger partial charge in [-0.05, 0) is 48.6 Å². The molecule has 0 radical (unpaired) electrons. The summed E-state index contributed by atoms with van der Waals surface area (Å²) in [5, 5.41) is 24.9. The molecule has 3 unspecified atom stereocenters. The van der Waals surface area contributed by atoms with Crippen LogP contribution in [0.5, 0.6) is 11.5 Å². The number of anilines is 1. The number of benzene rings is 2. The molecule has 1 aliphatic heterocycles. The summed E-state index contributed by atoms with van der Waals surface area (Å²) in [5.74, 6) is 0.681. The van der Waals surface area contributed by atoms with Crippen molar-refractivity contribution in [3.63, 3.8) is 0 Å². The van der Waals surface area contributed by atoms with Crippen LogP contribution in [0.3, 0.4) is 0 Å². The second-order valence-corrected chi connectivity index (χ2v) is 7.33. The fraction of sp³-hybridized carbons (Fsp3) is 0.263. The predicted molar refractivity (Wildman–Crippen MR) is 97.3 cm³/mol. The summed E-state index contributed by atoms with van der Waals surface area (Å²) in [5.41, 5.74) is 3.65. The zero-order chi connectivity index (χ0) is 17.0. The largest absolute Gasteiger partial charge is 0.506 e. The maximum Gasteiger partial charge on any atom is 0.139 e. The van der Waals surface area contributed by atoms with Crippen molar-refractivity contribution in [2.75, 3.05) is 5.32 Å². The van der Waals surface area contributed by atoms with Gasteiger partial charge < -0.3 is 15.5 Å². The van der Waals surface area contributed by atoms with Crippen LogP contribution >= 0.6 is 23.2 Å². The van der Waals surface area contributed by atoms with Crippen molar-refractivity contribution in [1.29, 1.82) is 0 Å². The second-order valence-electron chi connectivity index (χ2n) is 6.49. The summed E-state index contributed by atoms with van der Waals surface area (Å²) < 4.78 is 0. The Morgan fingerprint density at radius 1 is 1.17 bits per heavy atom. The van der Waals surface area contributed by atoms with Gasteiger partial charge in [0.25, 0.3) is 0 Å². The van der Waals surface area contributed by atoms with Crippen LogP contribution in [0.2, 0.25) is 10.0 Å². The van der Waals surface area contributed by atoms with Gasteiger partial charge in [0.1, 0.15) is 11.5 Å². The van der Waals surface area contributed by atoms with E-state index in [9.17, 15) is 10.2 Å². The molecule has 124 valence electrons. The minimum absolute atomic E-state index is 0.0415. The van der Waals surface area contributed by atoms with Gasteiger partial charge >= 0.3 is 0 Å². The van der Waals surface area contributed by atoms with Crippen LogP contribution in [0.1, 0.15) is 35.1 Å². The quantitative estimate of drug-likeness (QED) is 0.461. The standard InChI is InChI=1S/C19H17Cl2NO2/c1-9-5-6-15(23)18-16(9)11-3-2-4-12(11)17(22-18)13-7-10(20)8-14(21)19(13)24/h2-3,5-8,11-12,17,22-24H,4H2,1H3. The molecule has 0 aromatic heterocycles. The molecule has 24 heavy (non-hydrogen) atoms. The number of hydrogen-bond donors (Lipinski definition) is 3. The average molecular weight is 362 g/mol. The van der Waals surface area contributed by atoms with Crippen LogP contribution in [0.25, 0.3) is 0 Å². The fourth-order valence-electron chi connectivity index (χ4n) is 4.01. The first-order chi connectivity index (χ1) is 11.5. The molecule has 3 nitrogen and oxygen atoms in total. The second kappa shape index (κ2) is 5.61. The Morgan fingerprint density at radius 2 is 1.96 bits per heavy atom.